The van der Waals surface area contributed by atoms with E-state index in [1.807, 2.05) is 0 Å². The summed E-state index contributed by atoms with van der Waals surface area (Å²) >= 11 is 0. The number of hydrogen-bond donors (Lipinski definition) is 1. The molecule has 1 N–H and O–H groups in total. The maximum Gasteiger partial charge on any atom is 0.303 e. The summed E-state index contributed by atoms with van der Waals surface area (Å²) in [4.78, 5) is 13.4. The van der Waals surface area contributed by atoms with Gasteiger partial charge in [-0.05, 0) is 68.9 Å². The second-order valence-electron chi connectivity index (χ2n) is 7.81. The van der Waals surface area contributed by atoms with Crippen LogP contribution in [-0.2, 0) is 4.79 Å². The Morgan fingerprint density at radius 3 is 2.43 bits per heavy atom. The predicted octanol–water partition coefficient (Wildman–Crippen LogP) is 4.02. The Hall–Kier alpha value is -0.570. The van der Waals surface area contributed by atoms with Gasteiger partial charge in [0.05, 0.1) is 0 Å². The summed E-state index contributed by atoms with van der Waals surface area (Å²) in [6.45, 7) is 9.54. The smallest absolute Gasteiger partial charge is 0.303 e. The normalized spacial score (nSPS) is 32.5. The van der Waals surface area contributed by atoms with Crippen LogP contribution in [0.25, 0.3) is 0 Å². The van der Waals surface area contributed by atoms with Gasteiger partial charge in [-0.15, -0.1) is 0 Å². The zero-order valence-corrected chi connectivity index (χ0v) is 14.1. The average molecular weight is 295 g/mol. The van der Waals surface area contributed by atoms with Gasteiger partial charge in [-0.3, -0.25) is 4.79 Å². The van der Waals surface area contributed by atoms with Crippen LogP contribution in [0, 0.1) is 23.7 Å². The molecule has 1 aliphatic heterocycles. The Morgan fingerprint density at radius 2 is 1.86 bits per heavy atom. The Bertz CT molecular complexity index is 334. The van der Waals surface area contributed by atoms with Crippen molar-refractivity contribution in [2.45, 2.75) is 71.8 Å². The van der Waals surface area contributed by atoms with Gasteiger partial charge >= 0.3 is 5.97 Å². The van der Waals surface area contributed by atoms with Crippen LogP contribution in [0.1, 0.15) is 65.7 Å². The molecule has 1 heterocycles. The lowest BCUT2D eigenvalue weighted by molar-refractivity contribution is -0.137. The van der Waals surface area contributed by atoms with Crippen LogP contribution in [0.15, 0.2) is 0 Å². The molecular formula is C18H33NO2. The van der Waals surface area contributed by atoms with Crippen molar-refractivity contribution < 1.29 is 9.90 Å². The molecule has 3 atom stereocenters. The quantitative estimate of drug-likeness (QED) is 0.832. The summed E-state index contributed by atoms with van der Waals surface area (Å²) in [5.74, 6) is 2.51. The molecule has 0 radical (unpaired) electrons. The Balaban J connectivity index is 1.85. The van der Waals surface area contributed by atoms with Crippen molar-refractivity contribution in [2.24, 2.45) is 23.7 Å². The molecule has 0 aromatic heterocycles. The number of aliphatic carboxylic acids is 1. The molecule has 122 valence electrons. The van der Waals surface area contributed by atoms with Crippen LogP contribution in [0.5, 0.6) is 0 Å². The molecule has 3 heteroatoms. The van der Waals surface area contributed by atoms with Crippen LogP contribution in [0.3, 0.4) is 0 Å². The van der Waals surface area contributed by atoms with Crippen molar-refractivity contribution >= 4 is 5.97 Å². The van der Waals surface area contributed by atoms with Gasteiger partial charge in [0.25, 0.3) is 0 Å². The minimum atomic E-state index is -0.640. The van der Waals surface area contributed by atoms with Crippen molar-refractivity contribution in [3.8, 4) is 0 Å². The van der Waals surface area contributed by atoms with E-state index in [1.54, 1.807) is 0 Å². The molecular weight excluding hydrogens is 262 g/mol. The minimum absolute atomic E-state index is 0.347. The van der Waals surface area contributed by atoms with E-state index in [-0.39, 0.29) is 0 Å². The Morgan fingerprint density at radius 1 is 1.19 bits per heavy atom. The number of piperidine rings is 1. The number of nitrogens with zero attached hydrogens (tertiary/aromatic N) is 1. The molecule has 0 aromatic rings. The molecule has 0 aromatic carbocycles. The topological polar surface area (TPSA) is 40.5 Å². The van der Waals surface area contributed by atoms with Crippen LogP contribution in [-0.4, -0.2) is 35.1 Å². The van der Waals surface area contributed by atoms with Gasteiger partial charge in [0, 0.05) is 12.5 Å². The van der Waals surface area contributed by atoms with E-state index in [0.29, 0.717) is 12.3 Å². The molecule has 2 fully saturated rings. The second-order valence-corrected chi connectivity index (χ2v) is 7.81. The maximum atomic E-state index is 10.7. The van der Waals surface area contributed by atoms with E-state index < -0.39 is 5.97 Å². The van der Waals surface area contributed by atoms with Crippen LogP contribution >= 0.6 is 0 Å². The van der Waals surface area contributed by atoms with Crippen molar-refractivity contribution in [1.82, 2.24) is 4.90 Å². The number of hydrogen-bond acceptors (Lipinski definition) is 2. The number of rotatable bonds is 5. The molecule has 1 saturated heterocycles. The summed E-state index contributed by atoms with van der Waals surface area (Å²) in [6.07, 6.45) is 7.77. The monoisotopic (exact) mass is 295 g/mol. The third-order valence-corrected chi connectivity index (χ3v) is 5.87. The van der Waals surface area contributed by atoms with Crippen molar-refractivity contribution in [3.05, 3.63) is 0 Å². The Kier molecular flexibility index (Phi) is 6.09. The number of carbonyl (C=O) groups is 1. The fraction of sp³-hybridized carbons (Fsp3) is 0.944. The third-order valence-electron chi connectivity index (χ3n) is 5.87. The summed E-state index contributed by atoms with van der Waals surface area (Å²) in [6, 6.07) is 0.772. The lowest BCUT2D eigenvalue weighted by Crippen LogP contribution is -2.49. The van der Waals surface area contributed by atoms with E-state index in [9.17, 15) is 4.79 Å². The molecule has 21 heavy (non-hydrogen) atoms. The predicted molar refractivity (Wildman–Crippen MR) is 86.3 cm³/mol. The molecule has 2 aliphatic rings. The first kappa shape index (κ1) is 16.8. The van der Waals surface area contributed by atoms with E-state index in [2.05, 4.69) is 25.7 Å². The van der Waals surface area contributed by atoms with Gasteiger partial charge in [-0.25, -0.2) is 0 Å². The minimum Gasteiger partial charge on any atom is -0.481 e. The maximum absolute atomic E-state index is 10.7. The summed E-state index contributed by atoms with van der Waals surface area (Å²) in [7, 11) is 0. The second kappa shape index (κ2) is 7.62. The van der Waals surface area contributed by atoms with Gasteiger partial charge in [0.1, 0.15) is 0 Å². The highest BCUT2D eigenvalue weighted by Crippen LogP contribution is 2.38. The van der Waals surface area contributed by atoms with Gasteiger partial charge in [-0.1, -0.05) is 27.2 Å². The molecule has 0 spiro atoms. The molecule has 3 nitrogen and oxygen atoms in total. The Labute approximate surface area is 130 Å². The van der Waals surface area contributed by atoms with Crippen LogP contribution in [0.2, 0.25) is 0 Å². The summed E-state index contributed by atoms with van der Waals surface area (Å²) in [5, 5.41) is 8.81. The van der Waals surface area contributed by atoms with Gasteiger partial charge in [0.15, 0.2) is 0 Å². The van der Waals surface area contributed by atoms with Gasteiger partial charge in [0.2, 0.25) is 0 Å². The van der Waals surface area contributed by atoms with E-state index in [4.69, 9.17) is 5.11 Å². The van der Waals surface area contributed by atoms with Gasteiger partial charge in [-0.2, -0.15) is 0 Å². The van der Waals surface area contributed by atoms with Crippen LogP contribution in [0.4, 0.5) is 0 Å². The third kappa shape index (κ3) is 4.70. The first-order chi connectivity index (χ1) is 9.97. The average Bonchev–Trinajstić information content (AvgIpc) is 2.45. The van der Waals surface area contributed by atoms with Gasteiger partial charge < -0.3 is 10.0 Å². The van der Waals surface area contributed by atoms with E-state index in [1.165, 1.54) is 45.2 Å². The van der Waals surface area contributed by atoms with Crippen LogP contribution < -0.4 is 0 Å². The largest absolute Gasteiger partial charge is 0.481 e. The first-order valence-electron chi connectivity index (χ1n) is 8.93. The lowest BCUT2D eigenvalue weighted by Gasteiger charge is -2.46. The molecule has 1 saturated carbocycles. The van der Waals surface area contributed by atoms with Crippen molar-refractivity contribution in [1.29, 1.82) is 0 Å². The number of likely N-dealkylation sites (tertiary alicyclic amines) is 1. The zero-order valence-electron chi connectivity index (χ0n) is 14.1. The molecule has 3 unspecified atom stereocenters. The molecule has 1 aliphatic carbocycles. The fourth-order valence-corrected chi connectivity index (χ4v) is 4.47. The SMILES string of the molecule is CC1CCC(C(C)C)C(N2CCC(CCC(=O)O)CC2)C1. The summed E-state index contributed by atoms with van der Waals surface area (Å²) < 4.78 is 0. The molecule has 0 amide bonds. The highest BCUT2D eigenvalue weighted by molar-refractivity contribution is 5.66. The molecule has 2 rings (SSSR count). The summed E-state index contributed by atoms with van der Waals surface area (Å²) in [5.41, 5.74) is 0. The van der Waals surface area contributed by atoms with Crippen molar-refractivity contribution in [2.75, 3.05) is 13.1 Å². The zero-order chi connectivity index (χ0) is 15.4. The number of carboxylic acids is 1. The van der Waals surface area contributed by atoms with Crippen molar-refractivity contribution in [3.63, 3.8) is 0 Å². The highest BCUT2D eigenvalue weighted by atomic mass is 16.4. The first-order valence-corrected chi connectivity index (χ1v) is 8.93. The van der Waals surface area contributed by atoms with E-state index >= 15 is 0 Å². The fourth-order valence-electron chi connectivity index (χ4n) is 4.47. The lowest BCUT2D eigenvalue weighted by atomic mass is 9.72. The molecule has 0 bridgehead atoms. The standard InChI is InChI=1S/C18H33NO2/c1-13(2)16-6-4-14(3)12-17(16)19-10-8-15(9-11-19)5-7-18(20)21/h13-17H,4-12H2,1-3H3,(H,20,21). The highest BCUT2D eigenvalue weighted by Gasteiger charge is 2.35. The number of carboxylic acid groups (broad SMARTS) is 1. The van der Waals surface area contributed by atoms with E-state index in [0.717, 1.165) is 30.2 Å².